The van der Waals surface area contributed by atoms with Gasteiger partial charge in [0, 0.05) is 33.2 Å². The van der Waals surface area contributed by atoms with Gasteiger partial charge in [0.25, 0.3) is 5.91 Å². The van der Waals surface area contributed by atoms with Crippen molar-refractivity contribution in [3.05, 3.63) is 11.9 Å². The van der Waals surface area contributed by atoms with Crippen LogP contribution in [0.5, 0.6) is 0 Å². The lowest BCUT2D eigenvalue weighted by atomic mass is 10.3. The second kappa shape index (κ2) is 5.55. The number of hydrogen-bond acceptors (Lipinski definition) is 4. The molecule has 6 heteroatoms. The minimum Gasteiger partial charge on any atom is -0.335 e. The smallest absolute Gasteiger partial charge is 0.273 e. The van der Waals surface area contributed by atoms with E-state index in [2.05, 4.69) is 17.3 Å². The first-order chi connectivity index (χ1) is 8.24. The summed E-state index contributed by atoms with van der Waals surface area (Å²) in [5, 5.41) is 7.43. The summed E-state index contributed by atoms with van der Waals surface area (Å²) in [6.45, 7) is 5.39. The number of thioether (sulfide) groups is 1. The average Bonchev–Trinajstić information content (AvgIpc) is 2.71. The van der Waals surface area contributed by atoms with E-state index in [0.717, 1.165) is 42.5 Å². The standard InChI is InChI=1S/C11H18N4OS/c1-3-17-9-8-13-14(2)10(9)11(16)15-6-4-12-5-7-15/h8,12H,3-7H2,1-2H3. The minimum absolute atomic E-state index is 0.0995. The van der Waals surface area contributed by atoms with Crippen LogP contribution in [0.3, 0.4) is 0 Å². The number of piperazine rings is 1. The summed E-state index contributed by atoms with van der Waals surface area (Å²) in [6.07, 6.45) is 1.78. The molecule has 5 nitrogen and oxygen atoms in total. The highest BCUT2D eigenvalue weighted by molar-refractivity contribution is 7.99. The number of carbonyl (C=O) groups excluding carboxylic acids is 1. The molecule has 1 fully saturated rings. The fourth-order valence-electron chi connectivity index (χ4n) is 1.94. The van der Waals surface area contributed by atoms with Gasteiger partial charge in [0.1, 0.15) is 5.69 Å². The number of carbonyl (C=O) groups is 1. The fraction of sp³-hybridized carbons (Fsp3) is 0.636. The van der Waals surface area contributed by atoms with Crippen LogP contribution < -0.4 is 5.32 Å². The lowest BCUT2D eigenvalue weighted by Gasteiger charge is -2.27. The van der Waals surface area contributed by atoms with Crippen molar-refractivity contribution in [2.24, 2.45) is 7.05 Å². The van der Waals surface area contributed by atoms with Gasteiger partial charge in [-0.1, -0.05) is 6.92 Å². The van der Waals surface area contributed by atoms with Gasteiger partial charge in [-0.05, 0) is 5.75 Å². The first kappa shape index (κ1) is 12.4. The Morgan fingerprint density at radius 1 is 1.53 bits per heavy atom. The topological polar surface area (TPSA) is 50.2 Å². The van der Waals surface area contributed by atoms with E-state index in [1.807, 2.05) is 11.9 Å². The number of aryl methyl sites for hydroxylation is 1. The maximum Gasteiger partial charge on any atom is 0.273 e. The zero-order valence-electron chi connectivity index (χ0n) is 10.3. The van der Waals surface area contributed by atoms with Crippen LogP contribution in [-0.2, 0) is 7.05 Å². The van der Waals surface area contributed by atoms with Crippen LogP contribution in [0.1, 0.15) is 17.4 Å². The predicted molar refractivity (Wildman–Crippen MR) is 68.4 cm³/mol. The summed E-state index contributed by atoms with van der Waals surface area (Å²) in [6, 6.07) is 0. The van der Waals surface area contributed by atoms with Gasteiger partial charge in [0.05, 0.1) is 11.1 Å². The highest BCUT2D eigenvalue weighted by Gasteiger charge is 2.23. The molecule has 0 spiro atoms. The number of hydrogen-bond donors (Lipinski definition) is 1. The van der Waals surface area contributed by atoms with Gasteiger partial charge >= 0.3 is 0 Å². The third-order valence-electron chi connectivity index (χ3n) is 2.81. The SMILES string of the molecule is CCSc1cnn(C)c1C(=O)N1CCNCC1. The number of amides is 1. The third kappa shape index (κ3) is 2.63. The van der Waals surface area contributed by atoms with Crippen LogP contribution in [0.2, 0.25) is 0 Å². The second-order valence-electron chi connectivity index (χ2n) is 3.96. The average molecular weight is 254 g/mol. The van der Waals surface area contributed by atoms with Gasteiger partial charge in [-0.15, -0.1) is 11.8 Å². The highest BCUT2D eigenvalue weighted by atomic mass is 32.2. The Hall–Kier alpha value is -1.01. The molecule has 1 saturated heterocycles. The Bertz CT molecular complexity index is 398. The molecule has 94 valence electrons. The van der Waals surface area contributed by atoms with Crippen molar-refractivity contribution < 1.29 is 4.79 Å². The van der Waals surface area contributed by atoms with Crippen molar-refractivity contribution in [3.8, 4) is 0 Å². The molecule has 1 aromatic rings. The molecular formula is C11H18N4OS. The van der Waals surface area contributed by atoms with Crippen molar-refractivity contribution in [2.75, 3.05) is 31.9 Å². The van der Waals surface area contributed by atoms with E-state index in [1.54, 1.807) is 22.6 Å². The summed E-state index contributed by atoms with van der Waals surface area (Å²) < 4.78 is 1.68. The molecule has 0 radical (unpaired) electrons. The number of rotatable bonds is 3. The van der Waals surface area contributed by atoms with Crippen molar-refractivity contribution in [1.29, 1.82) is 0 Å². The van der Waals surface area contributed by atoms with E-state index in [0.29, 0.717) is 0 Å². The third-order valence-corrected chi connectivity index (χ3v) is 3.71. The molecule has 1 amide bonds. The number of nitrogens with one attached hydrogen (secondary N) is 1. The van der Waals surface area contributed by atoms with Gasteiger partial charge < -0.3 is 10.2 Å². The van der Waals surface area contributed by atoms with Crippen LogP contribution in [0.15, 0.2) is 11.1 Å². The van der Waals surface area contributed by atoms with Crippen molar-refractivity contribution in [3.63, 3.8) is 0 Å². The lowest BCUT2D eigenvalue weighted by Crippen LogP contribution is -2.47. The number of nitrogens with zero attached hydrogens (tertiary/aromatic N) is 3. The fourth-order valence-corrected chi connectivity index (χ4v) is 2.73. The molecule has 1 aliphatic heterocycles. The van der Waals surface area contributed by atoms with Crippen LogP contribution in [0.25, 0.3) is 0 Å². The summed E-state index contributed by atoms with van der Waals surface area (Å²) in [5.74, 6) is 1.05. The largest absolute Gasteiger partial charge is 0.335 e. The Balaban J connectivity index is 2.19. The first-order valence-corrected chi connectivity index (χ1v) is 6.87. The van der Waals surface area contributed by atoms with Crippen LogP contribution in [-0.4, -0.2) is 52.5 Å². The molecule has 2 rings (SSSR count). The molecule has 0 aliphatic carbocycles. The first-order valence-electron chi connectivity index (χ1n) is 5.88. The summed E-state index contributed by atoms with van der Waals surface area (Å²) in [7, 11) is 1.83. The molecule has 0 aromatic carbocycles. The monoisotopic (exact) mass is 254 g/mol. The van der Waals surface area contributed by atoms with E-state index in [-0.39, 0.29) is 5.91 Å². The van der Waals surface area contributed by atoms with Gasteiger partial charge in [0.15, 0.2) is 0 Å². The Labute approximate surface area is 106 Å². The van der Waals surface area contributed by atoms with Crippen LogP contribution in [0.4, 0.5) is 0 Å². The molecule has 0 atom stereocenters. The highest BCUT2D eigenvalue weighted by Crippen LogP contribution is 2.23. The molecule has 17 heavy (non-hydrogen) atoms. The second-order valence-corrected chi connectivity index (χ2v) is 5.26. The molecule has 0 bridgehead atoms. The predicted octanol–water partition coefficient (Wildman–Crippen LogP) is 0.577. The summed E-state index contributed by atoms with van der Waals surface area (Å²) in [4.78, 5) is 15.3. The van der Waals surface area contributed by atoms with E-state index in [9.17, 15) is 4.79 Å². The molecule has 1 aliphatic rings. The van der Waals surface area contributed by atoms with Crippen LogP contribution >= 0.6 is 11.8 Å². The normalized spacial score (nSPS) is 16.2. The minimum atomic E-state index is 0.0995. The van der Waals surface area contributed by atoms with Crippen molar-refractivity contribution in [2.45, 2.75) is 11.8 Å². The molecule has 2 heterocycles. The zero-order chi connectivity index (χ0) is 12.3. The maximum atomic E-state index is 12.4. The molecule has 0 unspecified atom stereocenters. The number of aromatic nitrogens is 2. The van der Waals surface area contributed by atoms with E-state index in [4.69, 9.17) is 0 Å². The molecule has 1 aromatic heterocycles. The Morgan fingerprint density at radius 3 is 2.88 bits per heavy atom. The Kier molecular flexibility index (Phi) is 4.06. The molecular weight excluding hydrogens is 236 g/mol. The van der Waals surface area contributed by atoms with Gasteiger partial charge in [-0.25, -0.2) is 0 Å². The van der Waals surface area contributed by atoms with E-state index < -0.39 is 0 Å². The van der Waals surface area contributed by atoms with Crippen LogP contribution in [0, 0.1) is 0 Å². The zero-order valence-corrected chi connectivity index (χ0v) is 11.1. The van der Waals surface area contributed by atoms with E-state index in [1.165, 1.54) is 0 Å². The molecule has 0 saturated carbocycles. The molecule has 1 N–H and O–H groups in total. The van der Waals surface area contributed by atoms with Gasteiger partial charge in [-0.3, -0.25) is 9.48 Å². The summed E-state index contributed by atoms with van der Waals surface area (Å²) in [5.41, 5.74) is 0.721. The van der Waals surface area contributed by atoms with Gasteiger partial charge in [-0.2, -0.15) is 5.10 Å². The lowest BCUT2D eigenvalue weighted by molar-refractivity contribution is 0.0721. The maximum absolute atomic E-state index is 12.4. The summed E-state index contributed by atoms with van der Waals surface area (Å²) >= 11 is 1.67. The van der Waals surface area contributed by atoms with Crippen molar-refractivity contribution in [1.82, 2.24) is 20.0 Å². The van der Waals surface area contributed by atoms with Gasteiger partial charge in [0.2, 0.25) is 0 Å². The quantitative estimate of drug-likeness (QED) is 0.802. The van der Waals surface area contributed by atoms with E-state index >= 15 is 0 Å². The Morgan fingerprint density at radius 2 is 2.24 bits per heavy atom. The van der Waals surface area contributed by atoms with Crippen molar-refractivity contribution >= 4 is 17.7 Å².